The number of nitrogen functional groups attached to an aromatic ring is 1. The first-order valence-corrected chi connectivity index (χ1v) is 13.1. The number of ether oxygens (including phenoxy) is 1. The lowest BCUT2D eigenvalue weighted by Gasteiger charge is -2.61. The summed E-state index contributed by atoms with van der Waals surface area (Å²) in [4.78, 5) is 1.89. The molecule has 2 aromatic rings. The molecule has 7 nitrogen and oxygen atoms in total. The van der Waals surface area contributed by atoms with Crippen LogP contribution in [-0.4, -0.2) is 74.5 Å². The van der Waals surface area contributed by atoms with E-state index in [0.717, 1.165) is 41.3 Å². The predicted octanol–water partition coefficient (Wildman–Crippen LogP) is 3.34. The summed E-state index contributed by atoms with van der Waals surface area (Å²) in [6.45, 7) is 2.32. The van der Waals surface area contributed by atoms with E-state index < -0.39 is 29.1 Å². The van der Waals surface area contributed by atoms with Crippen LogP contribution in [-0.2, 0) is 4.74 Å². The lowest BCUT2D eigenvalue weighted by atomic mass is 9.56. The van der Waals surface area contributed by atoms with Crippen LogP contribution in [0.2, 0.25) is 0 Å². The summed E-state index contributed by atoms with van der Waals surface area (Å²) in [6, 6.07) is 5.92. The lowest BCUT2D eigenvalue weighted by Crippen LogP contribution is -2.73. The van der Waals surface area contributed by atoms with Gasteiger partial charge < -0.3 is 25.6 Å². The number of anilines is 1. The maximum atomic E-state index is 16.9. The molecule has 1 aromatic carbocycles. The Bertz CT molecular complexity index is 1340. The van der Waals surface area contributed by atoms with Gasteiger partial charge in [-0.05, 0) is 75.0 Å². The van der Waals surface area contributed by atoms with E-state index in [9.17, 15) is 10.2 Å². The van der Waals surface area contributed by atoms with Crippen LogP contribution in [0.5, 0.6) is 0 Å². The minimum atomic E-state index is -1.99. The monoisotopic (exact) mass is 494 g/mol. The molecule has 2 spiro atoms. The Labute approximate surface area is 210 Å². The van der Waals surface area contributed by atoms with Crippen LogP contribution < -0.4 is 5.73 Å². The average molecular weight is 495 g/mol. The Morgan fingerprint density at radius 1 is 1.22 bits per heavy atom. The van der Waals surface area contributed by atoms with Crippen LogP contribution >= 0.6 is 0 Å². The Morgan fingerprint density at radius 2 is 2.03 bits per heavy atom. The second-order valence-corrected chi connectivity index (χ2v) is 12.3. The summed E-state index contributed by atoms with van der Waals surface area (Å²) >= 11 is 0. The fraction of sp³-hybridized carbons (Fsp3) is 0.607. The van der Waals surface area contributed by atoms with Crippen molar-refractivity contribution < 1.29 is 19.3 Å². The molecule has 2 saturated heterocycles. The molecule has 3 heterocycles. The topological polar surface area (TPSA) is 108 Å². The molecule has 7 rings (SSSR count). The fourth-order valence-electron chi connectivity index (χ4n) is 8.64. The molecular weight excluding hydrogens is 459 g/mol. The standard InChI is InChI=1S/C28H35FN4O3/c1-25-9-8-16-13-28(29)23(35)22(34)20(33(2)3)14-26(28)10-11-27(16,36-26)21(25)7-6-18(25)15-4-5-17-19(12-15)31-32-24(17)30/h4-6,8,12,20-23,34-35H,7,9-11,13-14H2,1-3H3,(H3,30,31,32)/t20-,21?,22+,23-,25+,26+,27+,28?/m0/s1. The number of rotatable bonds is 2. The summed E-state index contributed by atoms with van der Waals surface area (Å²) in [6.07, 6.45) is 5.35. The number of nitrogens with zero attached hydrogens (tertiary/aromatic N) is 2. The van der Waals surface area contributed by atoms with Crippen molar-refractivity contribution in [3.63, 3.8) is 0 Å². The Kier molecular flexibility index (Phi) is 4.44. The normalized spacial score (nSPS) is 45.3. The van der Waals surface area contributed by atoms with Crippen molar-refractivity contribution >= 4 is 22.3 Å². The van der Waals surface area contributed by atoms with Crippen LogP contribution in [0, 0.1) is 11.3 Å². The molecule has 2 unspecified atom stereocenters. The molecule has 192 valence electrons. The predicted molar refractivity (Wildman–Crippen MR) is 136 cm³/mol. The van der Waals surface area contributed by atoms with Gasteiger partial charge in [0.1, 0.15) is 11.7 Å². The number of aliphatic hydroxyl groups excluding tert-OH is 2. The quantitative estimate of drug-likeness (QED) is 0.477. The molecule has 1 aromatic heterocycles. The van der Waals surface area contributed by atoms with Crippen molar-refractivity contribution in [2.45, 2.75) is 80.6 Å². The molecule has 3 fully saturated rings. The number of aliphatic hydroxyl groups is 2. The van der Waals surface area contributed by atoms with Gasteiger partial charge in [0.05, 0.1) is 17.2 Å². The summed E-state index contributed by atoms with van der Waals surface area (Å²) in [5.41, 5.74) is 6.55. The van der Waals surface area contributed by atoms with E-state index in [-0.39, 0.29) is 23.8 Å². The third-order valence-electron chi connectivity index (χ3n) is 10.6. The molecular formula is C28H35FN4O3. The Hall–Kier alpha value is -2.26. The second-order valence-electron chi connectivity index (χ2n) is 12.3. The number of allylic oxidation sites excluding steroid dienone is 3. The van der Waals surface area contributed by atoms with Gasteiger partial charge in [0.2, 0.25) is 0 Å². The number of halogens is 1. The molecule has 5 N–H and O–H groups in total. The van der Waals surface area contributed by atoms with E-state index in [2.05, 4.69) is 41.4 Å². The highest BCUT2D eigenvalue weighted by Gasteiger charge is 2.76. The number of likely N-dealkylation sites (N-methyl/N-ethyl adjacent to an activating group) is 1. The highest BCUT2D eigenvalue weighted by molar-refractivity contribution is 5.91. The first-order valence-electron chi connectivity index (χ1n) is 13.1. The van der Waals surface area contributed by atoms with Gasteiger partial charge in [-0.1, -0.05) is 25.1 Å². The molecule has 8 heteroatoms. The van der Waals surface area contributed by atoms with E-state index in [0.29, 0.717) is 18.7 Å². The van der Waals surface area contributed by atoms with Gasteiger partial charge in [-0.25, -0.2) is 4.39 Å². The fourth-order valence-corrected chi connectivity index (χ4v) is 8.64. The Morgan fingerprint density at radius 3 is 2.81 bits per heavy atom. The van der Waals surface area contributed by atoms with Crippen LogP contribution in [0.25, 0.3) is 16.5 Å². The van der Waals surface area contributed by atoms with E-state index in [1.165, 1.54) is 5.57 Å². The van der Waals surface area contributed by atoms with Crippen molar-refractivity contribution in [2.75, 3.05) is 19.8 Å². The number of hydrogen-bond donors (Lipinski definition) is 4. The highest BCUT2D eigenvalue weighted by atomic mass is 19.1. The number of H-pyrrole nitrogens is 1. The maximum absolute atomic E-state index is 16.9. The molecule has 0 amide bonds. The summed E-state index contributed by atoms with van der Waals surface area (Å²) in [5.74, 6) is 0.691. The summed E-state index contributed by atoms with van der Waals surface area (Å²) in [5, 5.41) is 30.0. The van der Waals surface area contributed by atoms with E-state index >= 15 is 4.39 Å². The first kappa shape index (κ1) is 22.9. The van der Waals surface area contributed by atoms with Crippen molar-refractivity contribution in [3.8, 4) is 0 Å². The smallest absolute Gasteiger partial charge is 0.171 e. The zero-order valence-corrected chi connectivity index (χ0v) is 21.1. The maximum Gasteiger partial charge on any atom is 0.171 e. The number of aromatic amines is 1. The number of aromatic nitrogens is 2. The van der Waals surface area contributed by atoms with Crippen molar-refractivity contribution in [2.24, 2.45) is 11.3 Å². The number of nitrogens with one attached hydrogen (secondary N) is 1. The molecule has 1 saturated carbocycles. The Balaban J connectivity index is 1.29. The van der Waals surface area contributed by atoms with Gasteiger partial charge in [0.15, 0.2) is 11.5 Å². The molecule has 2 aliphatic heterocycles. The molecule has 3 aliphatic carbocycles. The third kappa shape index (κ3) is 2.54. The van der Waals surface area contributed by atoms with E-state index in [1.807, 2.05) is 25.1 Å². The van der Waals surface area contributed by atoms with Gasteiger partial charge in [-0.2, -0.15) is 5.10 Å². The summed E-state index contributed by atoms with van der Waals surface area (Å²) < 4.78 is 23.9. The number of alkyl halides is 1. The van der Waals surface area contributed by atoms with Crippen molar-refractivity contribution in [1.82, 2.24) is 15.1 Å². The molecule has 36 heavy (non-hydrogen) atoms. The van der Waals surface area contributed by atoms with Gasteiger partial charge in [-0.3, -0.25) is 5.10 Å². The number of benzene rings is 1. The summed E-state index contributed by atoms with van der Waals surface area (Å²) in [7, 11) is 3.74. The largest absolute Gasteiger partial charge is 0.389 e. The van der Waals surface area contributed by atoms with Crippen LogP contribution in [0.4, 0.5) is 10.2 Å². The van der Waals surface area contributed by atoms with Crippen molar-refractivity contribution in [3.05, 3.63) is 41.5 Å². The average Bonchev–Trinajstić information content (AvgIpc) is 3.51. The number of nitrogens with two attached hydrogens (primary N) is 1. The lowest BCUT2D eigenvalue weighted by molar-refractivity contribution is -0.282. The van der Waals surface area contributed by atoms with Crippen LogP contribution in [0.1, 0.15) is 51.0 Å². The van der Waals surface area contributed by atoms with E-state index in [4.69, 9.17) is 10.5 Å². The van der Waals surface area contributed by atoms with Crippen LogP contribution in [0.15, 0.2) is 35.9 Å². The minimum Gasteiger partial charge on any atom is -0.389 e. The second kappa shape index (κ2) is 6.98. The third-order valence-corrected chi connectivity index (χ3v) is 10.6. The van der Waals surface area contributed by atoms with Crippen LogP contribution in [0.3, 0.4) is 0 Å². The SMILES string of the molecule is CN(C)[C@H]1C[C@@]23CC[C@@]4(O2)C(=CC[C@]2(C)C(c5ccc6c(N)n[nH]c6c5)=CCC24)CC3(F)[C@@H](O)[C@@H]1O. The zero-order chi connectivity index (χ0) is 25.3. The first-order chi connectivity index (χ1) is 17.0. The molecule has 2 bridgehead atoms. The van der Waals surface area contributed by atoms with E-state index in [1.54, 1.807) is 0 Å². The number of hydrogen-bond acceptors (Lipinski definition) is 6. The minimum absolute atomic E-state index is 0.132. The van der Waals surface area contributed by atoms with Gasteiger partial charge in [0, 0.05) is 29.2 Å². The molecule has 5 aliphatic rings. The zero-order valence-electron chi connectivity index (χ0n) is 21.1. The van der Waals surface area contributed by atoms with Gasteiger partial charge in [-0.15, -0.1) is 0 Å². The van der Waals surface area contributed by atoms with Gasteiger partial charge >= 0.3 is 0 Å². The highest BCUT2D eigenvalue weighted by Crippen LogP contribution is 2.70. The number of fused-ring (bicyclic) bond motifs is 2. The van der Waals surface area contributed by atoms with Gasteiger partial charge in [0.25, 0.3) is 0 Å². The van der Waals surface area contributed by atoms with Crippen molar-refractivity contribution in [1.29, 1.82) is 0 Å². The molecule has 0 radical (unpaired) electrons. The molecule has 8 atom stereocenters.